The maximum absolute atomic E-state index is 12.2. The summed E-state index contributed by atoms with van der Waals surface area (Å²) in [7, 11) is 2.60. The first-order valence-electron chi connectivity index (χ1n) is 7.55. The molecule has 0 aliphatic carbocycles. The number of carbonyl (C=O) groups is 2. The summed E-state index contributed by atoms with van der Waals surface area (Å²) in [6.45, 7) is 5.34. The molecule has 0 saturated heterocycles. The van der Waals surface area contributed by atoms with Crippen LogP contribution in [0.3, 0.4) is 0 Å². The number of rotatable bonds is 1. The normalized spacial score (nSPS) is 13.0. The number of hydrogen-bond acceptors (Lipinski definition) is 5. The predicted molar refractivity (Wildman–Crippen MR) is 89.1 cm³/mol. The molecule has 128 valence electrons. The van der Waals surface area contributed by atoms with Crippen molar-refractivity contribution in [3.63, 3.8) is 0 Å². The van der Waals surface area contributed by atoms with Gasteiger partial charge in [0, 0.05) is 6.54 Å². The second kappa shape index (κ2) is 6.54. The molecule has 0 radical (unpaired) electrons. The zero-order valence-corrected chi connectivity index (χ0v) is 14.5. The van der Waals surface area contributed by atoms with E-state index in [9.17, 15) is 14.7 Å². The lowest BCUT2D eigenvalue weighted by molar-refractivity contribution is 0.0599. The minimum Gasteiger partial charge on any atom is -0.465 e. The van der Waals surface area contributed by atoms with E-state index in [1.165, 1.54) is 19.1 Å². The number of carbonyl (C=O) groups excluding carboxylic acids is 2. The lowest BCUT2D eigenvalue weighted by atomic mass is 9.95. The van der Waals surface area contributed by atoms with E-state index in [1.807, 2.05) is 6.07 Å². The number of aliphatic hydroxyl groups is 1. The summed E-state index contributed by atoms with van der Waals surface area (Å²) in [5.74, 6) is 5.04. The molecule has 0 saturated carbocycles. The second-order valence-electron chi connectivity index (χ2n) is 6.12. The van der Waals surface area contributed by atoms with E-state index in [4.69, 9.17) is 9.47 Å². The molecule has 24 heavy (non-hydrogen) atoms. The molecule has 1 aromatic carbocycles. The van der Waals surface area contributed by atoms with Gasteiger partial charge in [-0.15, -0.1) is 0 Å². The monoisotopic (exact) mass is 331 g/mol. The molecule has 0 unspecified atom stereocenters. The Morgan fingerprint density at radius 3 is 2.50 bits per heavy atom. The van der Waals surface area contributed by atoms with E-state index in [-0.39, 0.29) is 0 Å². The predicted octanol–water partition coefficient (Wildman–Crippen LogP) is 2.03. The van der Waals surface area contributed by atoms with Gasteiger partial charge in [0.1, 0.15) is 5.60 Å². The fourth-order valence-corrected chi connectivity index (χ4v) is 2.72. The van der Waals surface area contributed by atoms with Crippen LogP contribution in [0.25, 0.3) is 0 Å². The second-order valence-corrected chi connectivity index (χ2v) is 6.12. The van der Waals surface area contributed by atoms with E-state index in [1.54, 1.807) is 20.8 Å². The van der Waals surface area contributed by atoms with Gasteiger partial charge in [-0.3, -0.25) is 4.90 Å². The molecular formula is C18H21NO5. The first kappa shape index (κ1) is 17.8. The summed E-state index contributed by atoms with van der Waals surface area (Å²) >= 11 is 0. The van der Waals surface area contributed by atoms with Crippen LogP contribution in [0.2, 0.25) is 0 Å². The zero-order chi connectivity index (χ0) is 18.1. The number of aryl methyl sites for hydroxylation is 1. The highest BCUT2D eigenvalue weighted by Gasteiger charge is 2.32. The molecule has 0 aromatic heterocycles. The number of ether oxygens (including phenoxy) is 2. The Morgan fingerprint density at radius 1 is 1.29 bits per heavy atom. The number of hydrogen-bond donors (Lipinski definition) is 1. The van der Waals surface area contributed by atoms with Gasteiger partial charge in [-0.25, -0.2) is 9.59 Å². The SMILES string of the molecule is COC(=O)c1c(C)cc2c(c1C#CC(C)(C)O)N(C(=O)OC)CC2. The average Bonchev–Trinajstić information content (AvgIpc) is 2.93. The Hall–Kier alpha value is -2.52. The van der Waals surface area contributed by atoms with Crippen molar-refractivity contribution >= 4 is 17.7 Å². The maximum atomic E-state index is 12.2. The number of methoxy groups -OCH3 is 2. The molecule has 0 atom stereocenters. The zero-order valence-electron chi connectivity index (χ0n) is 14.5. The van der Waals surface area contributed by atoms with Gasteiger partial charge in [0.2, 0.25) is 0 Å². The summed E-state index contributed by atoms with van der Waals surface area (Å²) in [5, 5.41) is 9.91. The molecule has 0 spiro atoms. The number of amides is 1. The van der Waals surface area contributed by atoms with Crippen LogP contribution in [-0.2, 0) is 15.9 Å². The summed E-state index contributed by atoms with van der Waals surface area (Å²) in [6, 6.07) is 1.86. The number of fused-ring (bicyclic) bond motifs is 1. The van der Waals surface area contributed by atoms with Gasteiger partial charge in [0.15, 0.2) is 0 Å². The quantitative estimate of drug-likeness (QED) is 0.629. The third kappa shape index (κ3) is 3.36. The topological polar surface area (TPSA) is 76.1 Å². The Morgan fingerprint density at radius 2 is 1.96 bits per heavy atom. The van der Waals surface area contributed by atoms with E-state index < -0.39 is 17.7 Å². The number of nitrogens with zero attached hydrogens (tertiary/aromatic N) is 1. The molecule has 1 aromatic rings. The molecule has 1 heterocycles. The van der Waals surface area contributed by atoms with Crippen molar-refractivity contribution in [1.29, 1.82) is 0 Å². The summed E-state index contributed by atoms with van der Waals surface area (Å²) in [6.07, 6.45) is 0.129. The minimum absolute atomic E-state index is 0.295. The largest absolute Gasteiger partial charge is 0.465 e. The highest BCUT2D eigenvalue weighted by atomic mass is 16.5. The van der Waals surface area contributed by atoms with Crippen LogP contribution in [0.4, 0.5) is 10.5 Å². The Balaban J connectivity index is 2.77. The van der Waals surface area contributed by atoms with Crippen molar-refractivity contribution in [1.82, 2.24) is 0 Å². The lowest BCUT2D eigenvalue weighted by Crippen LogP contribution is -2.29. The Labute approximate surface area is 141 Å². The van der Waals surface area contributed by atoms with Gasteiger partial charge in [-0.1, -0.05) is 17.9 Å². The highest BCUT2D eigenvalue weighted by Crippen LogP contribution is 2.36. The molecule has 1 aliphatic rings. The van der Waals surface area contributed by atoms with Gasteiger partial charge in [0.05, 0.1) is 31.0 Å². The van der Waals surface area contributed by atoms with Gasteiger partial charge >= 0.3 is 12.1 Å². The van der Waals surface area contributed by atoms with E-state index in [0.29, 0.717) is 35.3 Å². The first-order chi connectivity index (χ1) is 11.2. The molecule has 1 aliphatic heterocycles. The van der Waals surface area contributed by atoms with Gasteiger partial charge in [-0.2, -0.15) is 0 Å². The molecule has 0 bridgehead atoms. The average molecular weight is 331 g/mol. The fourth-order valence-electron chi connectivity index (χ4n) is 2.72. The molecule has 6 heteroatoms. The first-order valence-corrected chi connectivity index (χ1v) is 7.55. The third-order valence-electron chi connectivity index (χ3n) is 3.73. The summed E-state index contributed by atoms with van der Waals surface area (Å²) < 4.78 is 9.69. The third-order valence-corrected chi connectivity index (χ3v) is 3.73. The molecule has 0 fully saturated rings. The standard InChI is InChI=1S/C18H21NO5/c1-11-10-12-7-9-19(17(21)24-5)15(12)13(6-8-18(2,3)22)14(11)16(20)23-4/h10,22H,7,9H2,1-5H3. The molecule has 2 rings (SSSR count). The fraction of sp³-hybridized carbons (Fsp3) is 0.444. The lowest BCUT2D eigenvalue weighted by Gasteiger charge is -2.20. The molecule has 6 nitrogen and oxygen atoms in total. The van der Waals surface area contributed by atoms with E-state index >= 15 is 0 Å². The molecule has 1 N–H and O–H groups in total. The smallest absolute Gasteiger partial charge is 0.414 e. The van der Waals surface area contributed by atoms with Crippen LogP contribution in [0, 0.1) is 18.8 Å². The Bertz CT molecular complexity index is 749. The summed E-state index contributed by atoms with van der Waals surface area (Å²) in [4.78, 5) is 25.7. The van der Waals surface area contributed by atoms with Gasteiger partial charge in [-0.05, 0) is 38.3 Å². The summed E-state index contributed by atoms with van der Waals surface area (Å²) in [5.41, 5.74) is 1.60. The van der Waals surface area contributed by atoms with Crippen LogP contribution in [0.5, 0.6) is 0 Å². The van der Waals surface area contributed by atoms with Crippen molar-refractivity contribution in [2.75, 3.05) is 25.7 Å². The van der Waals surface area contributed by atoms with E-state index in [0.717, 1.165) is 5.56 Å². The van der Waals surface area contributed by atoms with Crippen molar-refractivity contribution < 1.29 is 24.2 Å². The van der Waals surface area contributed by atoms with Crippen LogP contribution in [-0.4, -0.2) is 43.5 Å². The van der Waals surface area contributed by atoms with Crippen molar-refractivity contribution in [3.05, 3.63) is 28.3 Å². The number of anilines is 1. The van der Waals surface area contributed by atoms with Gasteiger partial charge in [0.25, 0.3) is 0 Å². The Kier molecular flexibility index (Phi) is 4.86. The van der Waals surface area contributed by atoms with Gasteiger partial charge < -0.3 is 14.6 Å². The molecule has 1 amide bonds. The van der Waals surface area contributed by atoms with Crippen LogP contribution in [0.1, 0.15) is 40.9 Å². The van der Waals surface area contributed by atoms with Crippen molar-refractivity contribution in [2.45, 2.75) is 32.8 Å². The van der Waals surface area contributed by atoms with Crippen molar-refractivity contribution in [3.8, 4) is 11.8 Å². The van der Waals surface area contributed by atoms with Crippen LogP contribution < -0.4 is 4.90 Å². The maximum Gasteiger partial charge on any atom is 0.414 e. The molecular weight excluding hydrogens is 310 g/mol. The van der Waals surface area contributed by atoms with E-state index in [2.05, 4.69) is 11.8 Å². The van der Waals surface area contributed by atoms with Crippen LogP contribution >= 0.6 is 0 Å². The minimum atomic E-state index is -1.24. The highest BCUT2D eigenvalue weighted by molar-refractivity contribution is 6.01. The number of benzene rings is 1. The van der Waals surface area contributed by atoms with Crippen LogP contribution in [0.15, 0.2) is 6.07 Å². The van der Waals surface area contributed by atoms with Crippen molar-refractivity contribution in [2.24, 2.45) is 0 Å². The number of esters is 1.